The summed E-state index contributed by atoms with van der Waals surface area (Å²) in [7, 11) is 1.74. The van der Waals surface area contributed by atoms with Crippen LogP contribution >= 0.6 is 0 Å². The van der Waals surface area contributed by atoms with Crippen molar-refractivity contribution in [2.75, 3.05) is 53.0 Å². The van der Waals surface area contributed by atoms with E-state index in [-0.39, 0.29) is 17.4 Å². The van der Waals surface area contributed by atoms with E-state index in [0.29, 0.717) is 0 Å². The highest BCUT2D eigenvalue weighted by molar-refractivity contribution is 5.79. The average Bonchev–Trinajstić information content (AvgIpc) is 3.29. The largest absolute Gasteiger partial charge is 0.383 e. The molecule has 24 heavy (non-hydrogen) atoms. The number of hydrogen-bond donors (Lipinski definition) is 1. The van der Waals surface area contributed by atoms with E-state index in [2.05, 4.69) is 15.1 Å². The van der Waals surface area contributed by atoms with Crippen LogP contribution in [-0.2, 0) is 9.53 Å². The Hall–Kier alpha value is -0.650. The molecule has 5 nitrogen and oxygen atoms in total. The number of piperidine rings is 1. The molecule has 1 saturated carbocycles. The molecule has 3 aliphatic rings. The van der Waals surface area contributed by atoms with Crippen molar-refractivity contribution in [2.24, 2.45) is 5.92 Å². The molecule has 0 radical (unpaired) electrons. The minimum Gasteiger partial charge on any atom is -0.383 e. The molecule has 1 N–H and O–H groups in total. The first kappa shape index (κ1) is 18.2. The van der Waals surface area contributed by atoms with Crippen molar-refractivity contribution in [2.45, 2.75) is 56.9 Å². The van der Waals surface area contributed by atoms with E-state index in [1.165, 1.54) is 58.0 Å². The average molecular weight is 338 g/mol. The van der Waals surface area contributed by atoms with Crippen LogP contribution in [0.5, 0.6) is 0 Å². The van der Waals surface area contributed by atoms with Crippen molar-refractivity contribution >= 4 is 5.91 Å². The third-order valence-corrected chi connectivity index (χ3v) is 6.41. The predicted molar refractivity (Wildman–Crippen MR) is 96.1 cm³/mol. The summed E-state index contributed by atoms with van der Waals surface area (Å²) in [6.45, 7) is 6.93. The summed E-state index contributed by atoms with van der Waals surface area (Å²) in [6, 6.07) is 0. The van der Waals surface area contributed by atoms with Gasteiger partial charge in [-0.3, -0.25) is 9.69 Å². The minimum absolute atomic E-state index is 0.168. The lowest BCUT2D eigenvalue weighted by Crippen LogP contribution is -2.56. The lowest BCUT2D eigenvalue weighted by Gasteiger charge is -2.44. The van der Waals surface area contributed by atoms with Crippen molar-refractivity contribution < 1.29 is 9.53 Å². The van der Waals surface area contributed by atoms with Gasteiger partial charge in [-0.25, -0.2) is 0 Å². The van der Waals surface area contributed by atoms with Gasteiger partial charge in [-0.1, -0.05) is 19.3 Å². The topological polar surface area (TPSA) is 44.8 Å². The van der Waals surface area contributed by atoms with Gasteiger partial charge in [0.1, 0.15) is 0 Å². The number of amides is 1. The molecule has 1 aliphatic carbocycles. The summed E-state index contributed by atoms with van der Waals surface area (Å²) in [6.07, 6.45) is 10.2. The van der Waals surface area contributed by atoms with Crippen LogP contribution in [0.15, 0.2) is 0 Å². The molecule has 0 unspecified atom stereocenters. The summed E-state index contributed by atoms with van der Waals surface area (Å²) < 4.78 is 5.15. The summed E-state index contributed by atoms with van der Waals surface area (Å²) in [5.41, 5.74) is 0.254. The number of likely N-dealkylation sites (tertiary alicyclic amines) is 2. The van der Waals surface area contributed by atoms with Crippen LogP contribution in [0.3, 0.4) is 0 Å². The highest BCUT2D eigenvalue weighted by Crippen LogP contribution is 2.36. The second kappa shape index (κ2) is 8.63. The van der Waals surface area contributed by atoms with Gasteiger partial charge in [0.15, 0.2) is 0 Å². The van der Waals surface area contributed by atoms with Crippen molar-refractivity contribution in [3.8, 4) is 0 Å². The highest BCUT2D eigenvalue weighted by Gasteiger charge is 2.40. The molecule has 0 aromatic heterocycles. The van der Waals surface area contributed by atoms with Crippen LogP contribution in [0.4, 0.5) is 0 Å². The van der Waals surface area contributed by atoms with Crippen LogP contribution in [0, 0.1) is 5.92 Å². The smallest absolute Gasteiger partial charge is 0.224 e. The first-order valence-electron chi connectivity index (χ1n) is 9.98. The Balaban J connectivity index is 1.49. The Bertz CT molecular complexity index is 403. The molecule has 1 atom stereocenters. The Morgan fingerprint density at radius 2 is 1.88 bits per heavy atom. The standard InChI is InChI=1S/C19H35N3O2/c1-24-14-13-21-12-7-17(15-21)18(23)20-16-19(8-3-4-9-19)22-10-5-2-6-11-22/h17H,2-16H2,1H3,(H,20,23)/t17-/m0/s1. The summed E-state index contributed by atoms with van der Waals surface area (Å²) in [4.78, 5) is 17.7. The molecule has 0 spiro atoms. The molecule has 0 aromatic carbocycles. The molecule has 3 fully saturated rings. The maximum Gasteiger partial charge on any atom is 0.224 e. The molecule has 2 aliphatic heterocycles. The zero-order chi connectivity index (χ0) is 16.8. The zero-order valence-electron chi connectivity index (χ0n) is 15.4. The Morgan fingerprint density at radius 1 is 1.12 bits per heavy atom. The fourth-order valence-electron chi connectivity index (χ4n) is 4.87. The first-order valence-corrected chi connectivity index (χ1v) is 9.98. The number of methoxy groups -OCH3 is 1. The summed E-state index contributed by atoms with van der Waals surface area (Å²) in [5, 5.41) is 3.34. The van der Waals surface area contributed by atoms with Crippen molar-refractivity contribution in [3.63, 3.8) is 0 Å². The fraction of sp³-hybridized carbons (Fsp3) is 0.947. The monoisotopic (exact) mass is 337 g/mol. The molecule has 138 valence electrons. The SMILES string of the molecule is COCCN1CC[C@H](C(=O)NCC2(N3CCCCC3)CCCC2)C1. The number of carbonyl (C=O) groups is 1. The van der Waals surface area contributed by atoms with Gasteiger partial charge in [0, 0.05) is 32.3 Å². The van der Waals surface area contributed by atoms with E-state index < -0.39 is 0 Å². The van der Waals surface area contributed by atoms with Gasteiger partial charge >= 0.3 is 0 Å². The third-order valence-electron chi connectivity index (χ3n) is 6.41. The predicted octanol–water partition coefficient (Wildman–Crippen LogP) is 1.87. The van der Waals surface area contributed by atoms with E-state index >= 15 is 0 Å². The van der Waals surface area contributed by atoms with Crippen LogP contribution in [0.25, 0.3) is 0 Å². The molecule has 1 amide bonds. The van der Waals surface area contributed by atoms with E-state index in [0.717, 1.165) is 39.2 Å². The Morgan fingerprint density at radius 3 is 2.58 bits per heavy atom. The van der Waals surface area contributed by atoms with Gasteiger partial charge in [0.25, 0.3) is 0 Å². The molecule has 5 heteroatoms. The van der Waals surface area contributed by atoms with Gasteiger partial charge < -0.3 is 15.0 Å². The maximum atomic E-state index is 12.7. The normalized spacial score (nSPS) is 28.3. The Kier molecular flexibility index (Phi) is 6.53. The van der Waals surface area contributed by atoms with Crippen LogP contribution in [-0.4, -0.2) is 74.2 Å². The first-order chi connectivity index (χ1) is 11.7. The maximum absolute atomic E-state index is 12.7. The second-order valence-electron chi connectivity index (χ2n) is 7.98. The van der Waals surface area contributed by atoms with E-state index in [1.807, 2.05) is 0 Å². The Labute approximate surface area is 147 Å². The summed E-state index contributed by atoms with van der Waals surface area (Å²) >= 11 is 0. The molecule has 0 bridgehead atoms. The highest BCUT2D eigenvalue weighted by atomic mass is 16.5. The number of nitrogens with one attached hydrogen (secondary N) is 1. The van der Waals surface area contributed by atoms with Gasteiger partial charge in [-0.05, 0) is 51.7 Å². The fourth-order valence-corrected chi connectivity index (χ4v) is 4.87. The van der Waals surface area contributed by atoms with Crippen LogP contribution < -0.4 is 5.32 Å². The molecule has 0 aromatic rings. The number of ether oxygens (including phenoxy) is 1. The van der Waals surface area contributed by atoms with E-state index in [4.69, 9.17) is 4.74 Å². The van der Waals surface area contributed by atoms with Crippen molar-refractivity contribution in [3.05, 3.63) is 0 Å². The number of carbonyl (C=O) groups excluding carboxylic acids is 1. The quantitative estimate of drug-likeness (QED) is 0.770. The van der Waals surface area contributed by atoms with E-state index in [9.17, 15) is 4.79 Å². The van der Waals surface area contributed by atoms with Gasteiger partial charge in [0.2, 0.25) is 5.91 Å². The second-order valence-corrected chi connectivity index (χ2v) is 7.98. The molecular formula is C19H35N3O2. The van der Waals surface area contributed by atoms with Gasteiger partial charge in [-0.15, -0.1) is 0 Å². The van der Waals surface area contributed by atoms with E-state index in [1.54, 1.807) is 7.11 Å². The number of nitrogens with zero attached hydrogens (tertiary/aromatic N) is 2. The molecule has 2 heterocycles. The van der Waals surface area contributed by atoms with Crippen molar-refractivity contribution in [1.29, 1.82) is 0 Å². The summed E-state index contributed by atoms with van der Waals surface area (Å²) in [5.74, 6) is 0.444. The minimum atomic E-state index is 0.168. The number of hydrogen-bond acceptors (Lipinski definition) is 4. The molecule has 2 saturated heterocycles. The third kappa shape index (κ3) is 4.30. The zero-order valence-corrected chi connectivity index (χ0v) is 15.4. The van der Waals surface area contributed by atoms with Crippen LogP contribution in [0.2, 0.25) is 0 Å². The lowest BCUT2D eigenvalue weighted by molar-refractivity contribution is -0.125. The molecular weight excluding hydrogens is 302 g/mol. The van der Waals surface area contributed by atoms with Crippen LogP contribution in [0.1, 0.15) is 51.4 Å². The molecule has 3 rings (SSSR count). The van der Waals surface area contributed by atoms with Crippen molar-refractivity contribution in [1.82, 2.24) is 15.1 Å². The van der Waals surface area contributed by atoms with Gasteiger partial charge in [-0.2, -0.15) is 0 Å². The van der Waals surface area contributed by atoms with Gasteiger partial charge in [0.05, 0.1) is 12.5 Å². The lowest BCUT2D eigenvalue weighted by atomic mass is 9.91. The number of rotatable bonds is 7.